The van der Waals surface area contributed by atoms with E-state index < -0.39 is 18.2 Å². The van der Waals surface area contributed by atoms with E-state index in [1.807, 2.05) is 32.9 Å². The molecule has 7 nitrogen and oxygen atoms in total. The quantitative estimate of drug-likeness (QED) is 0.490. The number of amides is 3. The molecule has 2 N–H and O–H groups in total. The monoisotopic (exact) mass is 489 g/mol. The minimum absolute atomic E-state index is 0.0937. The first-order valence-corrected chi connectivity index (χ1v) is 11.7. The lowest BCUT2D eigenvalue weighted by Gasteiger charge is -2.25. The van der Waals surface area contributed by atoms with Gasteiger partial charge in [-0.2, -0.15) is 0 Å². The summed E-state index contributed by atoms with van der Waals surface area (Å²) >= 11 is 0. The lowest BCUT2D eigenvalue weighted by Crippen LogP contribution is -2.48. The number of hydrogen-bond donors (Lipinski definition) is 2. The second-order valence-electron chi connectivity index (χ2n) is 9.11. The van der Waals surface area contributed by atoms with Gasteiger partial charge in [0.1, 0.15) is 5.82 Å². The normalized spacial score (nSPS) is 17.1. The highest BCUT2D eigenvalue weighted by Gasteiger charge is 2.47. The maximum Gasteiger partial charge on any atom is 0.411 e. The van der Waals surface area contributed by atoms with Gasteiger partial charge in [-0.15, -0.1) is 0 Å². The highest BCUT2D eigenvalue weighted by Crippen LogP contribution is 2.34. The second-order valence-corrected chi connectivity index (χ2v) is 9.11. The Labute approximate surface area is 209 Å². The summed E-state index contributed by atoms with van der Waals surface area (Å²) in [7, 11) is 0. The number of ether oxygens (including phenoxy) is 1. The third-order valence-electron chi connectivity index (χ3n) is 5.86. The van der Waals surface area contributed by atoms with Gasteiger partial charge < -0.3 is 15.4 Å². The van der Waals surface area contributed by atoms with Crippen molar-refractivity contribution < 1.29 is 23.5 Å². The summed E-state index contributed by atoms with van der Waals surface area (Å²) in [6.07, 6.45) is -1.48. The molecule has 2 unspecified atom stereocenters. The van der Waals surface area contributed by atoms with Gasteiger partial charge in [0.05, 0.1) is 6.54 Å². The van der Waals surface area contributed by atoms with Crippen LogP contribution in [0.5, 0.6) is 0 Å². The molecule has 0 radical (unpaired) electrons. The first-order valence-electron chi connectivity index (χ1n) is 11.7. The Hall–Kier alpha value is -4.20. The predicted molar refractivity (Wildman–Crippen MR) is 134 cm³/mol. The predicted octanol–water partition coefficient (Wildman–Crippen LogP) is 4.97. The maximum atomic E-state index is 13.3. The summed E-state index contributed by atoms with van der Waals surface area (Å²) < 4.78 is 19.0. The molecule has 0 saturated carbocycles. The summed E-state index contributed by atoms with van der Waals surface area (Å²) in [5.74, 6) is -0.973. The lowest BCUT2D eigenvalue weighted by atomic mass is 10.00. The topological polar surface area (TPSA) is 87.7 Å². The molecule has 1 heterocycles. The Balaban J connectivity index is 1.54. The highest BCUT2D eigenvalue weighted by molar-refractivity contribution is 6.04. The molecule has 3 aromatic rings. The van der Waals surface area contributed by atoms with Crippen LogP contribution in [-0.2, 0) is 16.1 Å². The summed E-state index contributed by atoms with van der Waals surface area (Å²) in [4.78, 5) is 39.8. The van der Waals surface area contributed by atoms with Gasteiger partial charge in [0.25, 0.3) is 5.91 Å². The van der Waals surface area contributed by atoms with Crippen molar-refractivity contribution in [3.63, 3.8) is 0 Å². The number of rotatable bonds is 7. The molecular weight excluding hydrogens is 461 g/mol. The number of nitrogens with one attached hydrogen (secondary N) is 2. The summed E-state index contributed by atoms with van der Waals surface area (Å²) in [5, 5.41) is 5.70. The Kier molecular flexibility index (Phi) is 7.33. The van der Waals surface area contributed by atoms with E-state index in [1.54, 1.807) is 48.5 Å². The molecule has 1 fully saturated rings. The fourth-order valence-corrected chi connectivity index (χ4v) is 4.03. The van der Waals surface area contributed by atoms with E-state index in [2.05, 4.69) is 10.6 Å². The van der Waals surface area contributed by atoms with Gasteiger partial charge in [0.2, 0.25) is 5.91 Å². The minimum Gasteiger partial charge on any atom is -0.438 e. The van der Waals surface area contributed by atoms with Crippen LogP contribution in [-0.4, -0.2) is 34.9 Å². The number of carbonyl (C=O) groups is 3. The maximum absolute atomic E-state index is 13.3. The van der Waals surface area contributed by atoms with Crippen molar-refractivity contribution >= 4 is 23.6 Å². The van der Waals surface area contributed by atoms with Crippen LogP contribution < -0.4 is 10.6 Å². The van der Waals surface area contributed by atoms with E-state index in [4.69, 9.17) is 4.74 Å². The van der Waals surface area contributed by atoms with Crippen LogP contribution in [0.4, 0.5) is 14.9 Å². The molecule has 36 heavy (non-hydrogen) atoms. The Bertz CT molecular complexity index is 1240. The number of anilines is 1. The molecule has 0 aromatic heterocycles. The van der Waals surface area contributed by atoms with Crippen LogP contribution >= 0.6 is 0 Å². The van der Waals surface area contributed by atoms with Crippen LogP contribution in [0.1, 0.15) is 47.0 Å². The molecule has 1 aliphatic rings. The zero-order valence-electron chi connectivity index (χ0n) is 20.3. The fourth-order valence-electron chi connectivity index (χ4n) is 4.03. The largest absolute Gasteiger partial charge is 0.438 e. The highest BCUT2D eigenvalue weighted by atomic mass is 19.1. The van der Waals surface area contributed by atoms with Gasteiger partial charge in [-0.25, -0.2) is 9.18 Å². The number of benzene rings is 3. The molecule has 2 atom stereocenters. The molecule has 0 spiro atoms. The van der Waals surface area contributed by atoms with Gasteiger partial charge in [0.15, 0.2) is 12.1 Å². The minimum atomic E-state index is -0.919. The zero-order valence-corrected chi connectivity index (χ0v) is 20.3. The van der Waals surface area contributed by atoms with Crippen molar-refractivity contribution in [3.8, 4) is 0 Å². The molecule has 1 aliphatic heterocycles. The average molecular weight is 490 g/mol. The molecule has 4 rings (SSSR count). The van der Waals surface area contributed by atoms with Crippen molar-refractivity contribution in [2.45, 2.75) is 45.5 Å². The first kappa shape index (κ1) is 24.9. The molecule has 0 aliphatic carbocycles. The van der Waals surface area contributed by atoms with Gasteiger partial charge in [-0.3, -0.25) is 14.5 Å². The Morgan fingerprint density at radius 3 is 2.22 bits per heavy atom. The average Bonchev–Trinajstić information content (AvgIpc) is 3.17. The molecule has 3 aromatic carbocycles. The number of halogens is 1. The second kappa shape index (κ2) is 10.6. The van der Waals surface area contributed by atoms with Crippen LogP contribution in [0.15, 0.2) is 72.8 Å². The van der Waals surface area contributed by atoms with Crippen molar-refractivity contribution in [3.05, 3.63) is 101 Å². The number of hydrogen-bond acceptors (Lipinski definition) is 4. The smallest absolute Gasteiger partial charge is 0.411 e. The first-order chi connectivity index (χ1) is 17.2. The standard InChI is InChI=1S/C28H28FN3O4/c1-17(2)30-27(34)24-25(36-28(35)32(24)16-19-6-12-22(29)13-7-19)20-10-14-23(15-11-20)31-26(33)21-8-4-18(3)5-9-21/h4-15,17,24-25H,16H2,1-3H3,(H,30,34)(H,31,33). The van der Waals surface area contributed by atoms with Crippen LogP contribution in [0.2, 0.25) is 0 Å². The number of nitrogens with zero attached hydrogens (tertiary/aromatic N) is 1. The zero-order chi connectivity index (χ0) is 25.8. The van der Waals surface area contributed by atoms with Crippen molar-refractivity contribution in [2.75, 3.05) is 5.32 Å². The molecule has 8 heteroatoms. The SMILES string of the molecule is Cc1ccc(C(=O)Nc2ccc(C3OC(=O)N(Cc4ccc(F)cc4)C3C(=O)NC(C)C)cc2)cc1. The van der Waals surface area contributed by atoms with Gasteiger partial charge in [0, 0.05) is 17.3 Å². The van der Waals surface area contributed by atoms with Gasteiger partial charge in [-0.1, -0.05) is 42.0 Å². The molecule has 1 saturated heterocycles. The summed E-state index contributed by atoms with van der Waals surface area (Å²) in [6.45, 7) is 5.71. The van der Waals surface area contributed by atoms with Gasteiger partial charge in [-0.05, 0) is 68.3 Å². The van der Waals surface area contributed by atoms with Gasteiger partial charge >= 0.3 is 6.09 Å². The third kappa shape index (κ3) is 5.71. The number of carbonyl (C=O) groups excluding carboxylic acids is 3. The molecule has 186 valence electrons. The van der Waals surface area contributed by atoms with E-state index in [9.17, 15) is 18.8 Å². The van der Waals surface area contributed by atoms with E-state index in [1.165, 1.54) is 17.0 Å². The molecule has 3 amide bonds. The number of aryl methyl sites for hydroxylation is 1. The van der Waals surface area contributed by atoms with Crippen molar-refractivity contribution in [1.82, 2.24) is 10.2 Å². The Morgan fingerprint density at radius 1 is 0.972 bits per heavy atom. The summed E-state index contributed by atoms with van der Waals surface area (Å²) in [5.41, 5.74) is 3.45. The summed E-state index contributed by atoms with van der Waals surface area (Å²) in [6, 6.07) is 18.8. The van der Waals surface area contributed by atoms with E-state index in [0.29, 0.717) is 22.4 Å². The fraction of sp³-hybridized carbons (Fsp3) is 0.250. The van der Waals surface area contributed by atoms with Crippen molar-refractivity contribution in [2.24, 2.45) is 0 Å². The van der Waals surface area contributed by atoms with Crippen LogP contribution in [0, 0.1) is 12.7 Å². The number of cyclic esters (lactones) is 1. The van der Waals surface area contributed by atoms with Crippen LogP contribution in [0.25, 0.3) is 0 Å². The lowest BCUT2D eigenvalue weighted by molar-refractivity contribution is -0.126. The third-order valence-corrected chi connectivity index (χ3v) is 5.86. The molecule has 0 bridgehead atoms. The van der Waals surface area contributed by atoms with E-state index >= 15 is 0 Å². The van der Waals surface area contributed by atoms with Crippen LogP contribution in [0.3, 0.4) is 0 Å². The molecular formula is C28H28FN3O4. The Morgan fingerprint density at radius 2 is 1.61 bits per heavy atom. The van der Waals surface area contributed by atoms with E-state index in [-0.39, 0.29) is 30.2 Å². The van der Waals surface area contributed by atoms with E-state index in [0.717, 1.165) is 5.56 Å². The van der Waals surface area contributed by atoms with Crippen molar-refractivity contribution in [1.29, 1.82) is 0 Å².